The molecule has 0 aromatic rings. The van der Waals surface area contributed by atoms with E-state index >= 15 is 0 Å². The third-order valence-corrected chi connectivity index (χ3v) is 4.59. The van der Waals surface area contributed by atoms with Crippen molar-refractivity contribution in [2.24, 2.45) is 16.3 Å². The molecule has 0 bridgehead atoms. The first-order chi connectivity index (χ1) is 10.4. The molecule has 4 nitrogen and oxygen atoms in total. The zero-order valence-electron chi connectivity index (χ0n) is 16.2. The molecule has 0 amide bonds. The van der Waals surface area contributed by atoms with Crippen molar-refractivity contribution in [2.75, 3.05) is 46.3 Å². The Morgan fingerprint density at radius 1 is 1.26 bits per heavy atom. The van der Waals surface area contributed by atoms with Gasteiger partial charge in [0.05, 0.1) is 0 Å². The van der Waals surface area contributed by atoms with Crippen molar-refractivity contribution < 1.29 is 0 Å². The Balaban J connectivity index is 0.00000484. The van der Waals surface area contributed by atoms with Crippen LogP contribution in [0.4, 0.5) is 0 Å². The lowest BCUT2D eigenvalue weighted by molar-refractivity contribution is 0.255. The van der Waals surface area contributed by atoms with Crippen molar-refractivity contribution in [3.63, 3.8) is 0 Å². The van der Waals surface area contributed by atoms with Crippen LogP contribution in [0.5, 0.6) is 0 Å². The van der Waals surface area contributed by atoms with Crippen LogP contribution in [0.25, 0.3) is 0 Å². The lowest BCUT2D eigenvalue weighted by Gasteiger charge is -2.25. The van der Waals surface area contributed by atoms with Crippen LogP contribution in [-0.4, -0.2) is 62.1 Å². The van der Waals surface area contributed by atoms with Crippen LogP contribution < -0.4 is 5.32 Å². The van der Waals surface area contributed by atoms with E-state index in [1.165, 1.54) is 25.8 Å². The van der Waals surface area contributed by atoms with Crippen LogP contribution in [0.2, 0.25) is 0 Å². The molecule has 23 heavy (non-hydrogen) atoms. The Hall–Kier alpha value is -0.0400. The molecule has 0 spiro atoms. The van der Waals surface area contributed by atoms with Crippen LogP contribution in [0, 0.1) is 11.3 Å². The summed E-state index contributed by atoms with van der Waals surface area (Å²) in [5, 5.41) is 3.55. The maximum Gasteiger partial charge on any atom is 0.193 e. The molecule has 1 N–H and O–H groups in total. The smallest absolute Gasteiger partial charge is 0.193 e. The highest BCUT2D eigenvalue weighted by Crippen LogP contribution is 2.20. The molecule has 1 heterocycles. The van der Waals surface area contributed by atoms with Gasteiger partial charge < -0.3 is 15.1 Å². The fourth-order valence-electron chi connectivity index (χ4n) is 3.17. The maximum absolute atomic E-state index is 4.48. The number of guanidine groups is 1. The monoisotopic (exact) mass is 438 g/mol. The molecule has 1 fully saturated rings. The van der Waals surface area contributed by atoms with Gasteiger partial charge in [0.25, 0.3) is 0 Å². The minimum atomic E-state index is 0. The summed E-state index contributed by atoms with van der Waals surface area (Å²) < 4.78 is 0. The fraction of sp³-hybridized carbons (Fsp3) is 0.944. The summed E-state index contributed by atoms with van der Waals surface area (Å²) in [5.74, 6) is 1.88. The van der Waals surface area contributed by atoms with E-state index < -0.39 is 0 Å². The van der Waals surface area contributed by atoms with Crippen LogP contribution >= 0.6 is 24.0 Å². The molecule has 1 atom stereocenters. The highest BCUT2D eigenvalue weighted by molar-refractivity contribution is 14.0. The van der Waals surface area contributed by atoms with Gasteiger partial charge in [-0.15, -0.1) is 24.0 Å². The molecule has 1 saturated heterocycles. The van der Waals surface area contributed by atoms with Gasteiger partial charge in [-0.1, -0.05) is 34.6 Å². The first-order valence-corrected chi connectivity index (χ1v) is 9.07. The average molecular weight is 438 g/mol. The highest BCUT2D eigenvalue weighted by atomic mass is 127. The van der Waals surface area contributed by atoms with E-state index in [0.29, 0.717) is 5.41 Å². The van der Waals surface area contributed by atoms with E-state index in [9.17, 15) is 0 Å². The number of likely N-dealkylation sites (tertiary alicyclic amines) is 1. The number of hydrogen-bond acceptors (Lipinski definition) is 2. The second-order valence-electron chi connectivity index (χ2n) is 7.72. The first kappa shape index (κ1) is 23.0. The third-order valence-electron chi connectivity index (χ3n) is 4.59. The number of rotatable bonds is 7. The Kier molecular flexibility index (Phi) is 11.5. The van der Waals surface area contributed by atoms with Gasteiger partial charge in [-0.25, -0.2) is 0 Å². The van der Waals surface area contributed by atoms with Gasteiger partial charge >= 0.3 is 0 Å². The predicted octanol–water partition coefficient (Wildman–Crippen LogP) is 3.67. The summed E-state index contributed by atoms with van der Waals surface area (Å²) in [6, 6.07) is 0. The molecule has 1 rings (SSSR count). The minimum Gasteiger partial charge on any atom is -0.356 e. The van der Waals surface area contributed by atoms with Gasteiger partial charge in [0, 0.05) is 33.2 Å². The Labute approximate surface area is 161 Å². The lowest BCUT2D eigenvalue weighted by Crippen LogP contribution is -2.41. The first-order valence-electron chi connectivity index (χ1n) is 9.07. The maximum atomic E-state index is 4.48. The number of hydrogen-bond donors (Lipinski definition) is 1. The molecule has 138 valence electrons. The van der Waals surface area contributed by atoms with Crippen LogP contribution in [0.1, 0.15) is 53.9 Å². The van der Waals surface area contributed by atoms with Gasteiger partial charge in [0.15, 0.2) is 5.96 Å². The molecule has 0 aromatic carbocycles. The van der Waals surface area contributed by atoms with Crippen molar-refractivity contribution in [3.05, 3.63) is 0 Å². The van der Waals surface area contributed by atoms with Crippen LogP contribution in [0.3, 0.4) is 0 Å². The summed E-state index contributed by atoms with van der Waals surface area (Å²) in [5.41, 5.74) is 0.424. The highest BCUT2D eigenvalue weighted by Gasteiger charge is 2.25. The molecular formula is C18H39IN4. The van der Waals surface area contributed by atoms with Gasteiger partial charge in [0.1, 0.15) is 0 Å². The Morgan fingerprint density at radius 2 is 1.91 bits per heavy atom. The second kappa shape index (κ2) is 11.5. The van der Waals surface area contributed by atoms with Crippen molar-refractivity contribution in [2.45, 2.75) is 53.9 Å². The molecule has 1 unspecified atom stereocenters. The van der Waals surface area contributed by atoms with E-state index in [-0.39, 0.29) is 24.0 Å². The zero-order valence-corrected chi connectivity index (χ0v) is 18.5. The molecule has 0 aromatic heterocycles. The normalized spacial score (nSPS) is 19.2. The van der Waals surface area contributed by atoms with Crippen LogP contribution in [0.15, 0.2) is 4.99 Å². The van der Waals surface area contributed by atoms with Crippen molar-refractivity contribution >= 4 is 29.9 Å². The second-order valence-corrected chi connectivity index (χ2v) is 7.72. The summed E-state index contributed by atoms with van der Waals surface area (Å²) in [6.45, 7) is 18.3. The van der Waals surface area contributed by atoms with E-state index in [1.54, 1.807) is 0 Å². The van der Waals surface area contributed by atoms with Crippen molar-refractivity contribution in [1.29, 1.82) is 0 Å². The van der Waals surface area contributed by atoms with Crippen molar-refractivity contribution in [1.82, 2.24) is 15.1 Å². The van der Waals surface area contributed by atoms with Gasteiger partial charge in [0.2, 0.25) is 0 Å². The topological polar surface area (TPSA) is 30.9 Å². The van der Waals surface area contributed by atoms with Gasteiger partial charge in [-0.3, -0.25) is 4.99 Å². The lowest BCUT2D eigenvalue weighted by atomic mass is 9.91. The Bertz CT molecular complexity index is 334. The summed E-state index contributed by atoms with van der Waals surface area (Å²) in [4.78, 5) is 9.45. The molecule has 0 saturated carbocycles. The quantitative estimate of drug-likeness (QED) is 0.285. The predicted molar refractivity (Wildman–Crippen MR) is 113 cm³/mol. The van der Waals surface area contributed by atoms with Crippen molar-refractivity contribution in [3.8, 4) is 0 Å². The zero-order chi connectivity index (χ0) is 16.6. The van der Waals surface area contributed by atoms with Gasteiger partial charge in [-0.2, -0.15) is 0 Å². The molecule has 1 aliphatic rings. The fourth-order valence-corrected chi connectivity index (χ4v) is 3.17. The standard InChI is InChI=1S/C18H38N4.HI/c1-7-21(8-2)14-16-10-13-22(15-16)17(19-6)20-12-9-11-18(3,4)5;/h16H,7-15H2,1-6H3,(H,19,20);1H. The molecule has 0 radical (unpaired) electrons. The summed E-state index contributed by atoms with van der Waals surface area (Å²) >= 11 is 0. The Morgan fingerprint density at radius 3 is 2.43 bits per heavy atom. The number of nitrogens with zero attached hydrogens (tertiary/aromatic N) is 3. The summed E-state index contributed by atoms with van der Waals surface area (Å²) in [6.07, 6.45) is 3.75. The van der Waals surface area contributed by atoms with E-state index in [0.717, 1.165) is 44.6 Å². The summed E-state index contributed by atoms with van der Waals surface area (Å²) in [7, 11) is 1.91. The number of nitrogens with one attached hydrogen (secondary N) is 1. The van der Waals surface area contributed by atoms with Crippen LogP contribution in [-0.2, 0) is 0 Å². The molecular weight excluding hydrogens is 399 g/mol. The number of halogens is 1. The van der Waals surface area contributed by atoms with E-state index in [4.69, 9.17) is 0 Å². The van der Waals surface area contributed by atoms with E-state index in [2.05, 4.69) is 54.7 Å². The molecule has 0 aliphatic carbocycles. The SMILES string of the molecule is CCN(CC)CC1CCN(C(=NC)NCCCC(C)(C)C)C1.I. The number of aliphatic imine (C=N–C) groups is 1. The minimum absolute atomic E-state index is 0. The van der Waals surface area contributed by atoms with E-state index in [1.807, 2.05) is 7.05 Å². The van der Waals surface area contributed by atoms with Gasteiger partial charge in [-0.05, 0) is 43.7 Å². The average Bonchev–Trinajstić information content (AvgIpc) is 2.92. The largest absolute Gasteiger partial charge is 0.356 e. The molecule has 5 heteroatoms. The third kappa shape index (κ3) is 9.13. The molecule has 1 aliphatic heterocycles.